The van der Waals surface area contributed by atoms with Gasteiger partial charge in [0.2, 0.25) is 0 Å². The number of aliphatic hydroxyl groups excluding tert-OH is 1. The predicted molar refractivity (Wildman–Crippen MR) is 65.4 cm³/mol. The zero-order valence-corrected chi connectivity index (χ0v) is 11.1. The Morgan fingerprint density at radius 3 is 2.33 bits per heavy atom. The first-order valence-electron chi connectivity index (χ1n) is 5.41. The number of hydrogen-bond donors (Lipinski definition) is 1. The summed E-state index contributed by atoms with van der Waals surface area (Å²) in [7, 11) is 0. The number of hydrogen-bond acceptors (Lipinski definition) is 3. The van der Waals surface area contributed by atoms with Crippen LogP contribution in [0.15, 0.2) is 0 Å². The van der Waals surface area contributed by atoms with Gasteiger partial charge in [0.15, 0.2) is 0 Å². The van der Waals surface area contributed by atoms with E-state index in [0.29, 0.717) is 0 Å². The zero-order valence-electron chi connectivity index (χ0n) is 10.3. The van der Waals surface area contributed by atoms with Gasteiger partial charge in [-0.3, -0.25) is 0 Å². The monoisotopic (exact) mass is 227 g/mol. The number of aromatic nitrogens is 1. The summed E-state index contributed by atoms with van der Waals surface area (Å²) in [5.41, 5.74) is 1.10. The highest BCUT2D eigenvalue weighted by atomic mass is 32.1. The van der Waals surface area contributed by atoms with Crippen molar-refractivity contribution in [1.82, 2.24) is 4.98 Å². The Hall–Kier alpha value is -0.410. The summed E-state index contributed by atoms with van der Waals surface area (Å²) >= 11 is 1.74. The van der Waals surface area contributed by atoms with Crippen LogP contribution in [0.25, 0.3) is 0 Å². The van der Waals surface area contributed by atoms with E-state index < -0.39 is 0 Å². The van der Waals surface area contributed by atoms with Gasteiger partial charge in [0.1, 0.15) is 0 Å². The summed E-state index contributed by atoms with van der Waals surface area (Å²) in [4.78, 5) is 5.76. The van der Waals surface area contributed by atoms with Crippen molar-refractivity contribution >= 4 is 11.3 Å². The van der Waals surface area contributed by atoms with Crippen LogP contribution < -0.4 is 0 Å². The molecular formula is C12H21NOS. The molecule has 1 rings (SSSR count). The molecule has 0 radical (unpaired) electrons. The molecule has 0 aliphatic heterocycles. The van der Waals surface area contributed by atoms with Crippen LogP contribution in [0.5, 0.6) is 0 Å². The van der Waals surface area contributed by atoms with Crippen LogP contribution in [-0.4, -0.2) is 16.2 Å². The maximum absolute atomic E-state index is 9.90. The van der Waals surface area contributed by atoms with E-state index in [0.717, 1.165) is 23.5 Å². The molecule has 1 atom stereocenters. The highest BCUT2D eigenvalue weighted by Gasteiger charge is 2.22. The summed E-state index contributed by atoms with van der Waals surface area (Å²) < 4.78 is 0. The van der Waals surface area contributed by atoms with Crippen LogP contribution in [0.2, 0.25) is 0 Å². The van der Waals surface area contributed by atoms with Crippen LogP contribution in [-0.2, 0) is 6.42 Å². The van der Waals surface area contributed by atoms with E-state index in [1.54, 1.807) is 11.3 Å². The van der Waals surface area contributed by atoms with Gasteiger partial charge < -0.3 is 5.11 Å². The van der Waals surface area contributed by atoms with E-state index in [9.17, 15) is 5.11 Å². The second-order valence-electron chi connectivity index (χ2n) is 5.17. The summed E-state index contributed by atoms with van der Waals surface area (Å²) in [6, 6.07) is 0. The van der Waals surface area contributed by atoms with E-state index in [-0.39, 0.29) is 11.5 Å². The van der Waals surface area contributed by atoms with Crippen LogP contribution in [0.4, 0.5) is 0 Å². The second-order valence-corrected chi connectivity index (χ2v) is 6.46. The SMILES string of the molecule is Cc1nc(CCC(O)C(C)(C)C)sc1C. The third-order valence-electron chi connectivity index (χ3n) is 2.70. The van der Waals surface area contributed by atoms with Gasteiger partial charge in [-0.05, 0) is 25.7 Å². The van der Waals surface area contributed by atoms with Crippen molar-refractivity contribution < 1.29 is 5.11 Å². The Bertz CT molecular complexity index is 305. The fraction of sp³-hybridized carbons (Fsp3) is 0.750. The van der Waals surface area contributed by atoms with Gasteiger partial charge in [0.05, 0.1) is 16.8 Å². The third kappa shape index (κ3) is 3.58. The lowest BCUT2D eigenvalue weighted by Crippen LogP contribution is -2.26. The lowest BCUT2D eigenvalue weighted by molar-refractivity contribution is 0.0560. The van der Waals surface area contributed by atoms with Gasteiger partial charge in [0.25, 0.3) is 0 Å². The summed E-state index contributed by atoms with van der Waals surface area (Å²) in [5, 5.41) is 11.0. The Balaban J connectivity index is 2.51. The number of rotatable bonds is 3. The minimum absolute atomic E-state index is 0.0264. The minimum atomic E-state index is -0.248. The molecule has 2 nitrogen and oxygen atoms in total. The number of thiazole rings is 1. The third-order valence-corrected chi connectivity index (χ3v) is 3.84. The molecule has 0 spiro atoms. The van der Waals surface area contributed by atoms with E-state index >= 15 is 0 Å². The predicted octanol–water partition coefficient (Wildman–Crippen LogP) is 3.10. The van der Waals surface area contributed by atoms with Crippen molar-refractivity contribution in [3.63, 3.8) is 0 Å². The van der Waals surface area contributed by atoms with Gasteiger partial charge in [-0.2, -0.15) is 0 Å². The van der Waals surface area contributed by atoms with E-state index in [2.05, 4.69) is 32.7 Å². The molecule has 1 heterocycles. The molecule has 1 N–H and O–H groups in total. The Morgan fingerprint density at radius 1 is 1.33 bits per heavy atom. The Kier molecular flexibility index (Phi) is 3.90. The number of aliphatic hydroxyl groups is 1. The summed E-state index contributed by atoms with van der Waals surface area (Å²) in [5.74, 6) is 0. The summed E-state index contributed by atoms with van der Waals surface area (Å²) in [6.07, 6.45) is 1.44. The maximum Gasteiger partial charge on any atom is 0.0931 e. The van der Waals surface area contributed by atoms with Gasteiger partial charge in [-0.25, -0.2) is 4.98 Å². The Morgan fingerprint density at radius 2 is 1.93 bits per heavy atom. The smallest absolute Gasteiger partial charge is 0.0931 e. The molecule has 0 fully saturated rings. The highest BCUT2D eigenvalue weighted by molar-refractivity contribution is 7.11. The summed E-state index contributed by atoms with van der Waals surface area (Å²) in [6.45, 7) is 10.3. The molecule has 3 heteroatoms. The van der Waals surface area contributed by atoms with Crippen molar-refractivity contribution in [2.24, 2.45) is 5.41 Å². The molecule has 1 unspecified atom stereocenters. The van der Waals surface area contributed by atoms with Crippen molar-refractivity contribution in [2.45, 2.75) is 53.6 Å². The lowest BCUT2D eigenvalue weighted by atomic mass is 9.86. The average molecular weight is 227 g/mol. The van der Waals surface area contributed by atoms with Crippen LogP contribution in [0.1, 0.15) is 42.8 Å². The molecule has 0 aliphatic rings. The standard InChI is InChI=1S/C12H21NOS/c1-8-9(2)15-11(13-8)7-6-10(14)12(3,4)5/h10,14H,6-7H2,1-5H3. The molecule has 0 aromatic carbocycles. The molecule has 86 valence electrons. The van der Waals surface area contributed by atoms with E-state index in [4.69, 9.17) is 0 Å². The maximum atomic E-state index is 9.90. The van der Waals surface area contributed by atoms with Gasteiger partial charge in [-0.15, -0.1) is 11.3 Å². The van der Waals surface area contributed by atoms with Crippen LogP contribution >= 0.6 is 11.3 Å². The average Bonchev–Trinajstić information content (AvgIpc) is 2.41. The lowest BCUT2D eigenvalue weighted by Gasteiger charge is -2.25. The quantitative estimate of drug-likeness (QED) is 0.860. The Labute approximate surface area is 96.4 Å². The molecule has 0 amide bonds. The van der Waals surface area contributed by atoms with Gasteiger partial charge in [-0.1, -0.05) is 20.8 Å². The van der Waals surface area contributed by atoms with Crippen LogP contribution in [0.3, 0.4) is 0 Å². The fourth-order valence-electron chi connectivity index (χ4n) is 1.34. The van der Waals surface area contributed by atoms with Crippen molar-refractivity contribution in [1.29, 1.82) is 0 Å². The molecule has 0 saturated carbocycles. The first kappa shape index (κ1) is 12.7. The van der Waals surface area contributed by atoms with Crippen molar-refractivity contribution in [3.05, 3.63) is 15.6 Å². The second kappa shape index (κ2) is 4.62. The fourth-order valence-corrected chi connectivity index (χ4v) is 2.29. The van der Waals surface area contributed by atoms with Gasteiger partial charge >= 0.3 is 0 Å². The molecule has 15 heavy (non-hydrogen) atoms. The number of nitrogens with zero attached hydrogens (tertiary/aromatic N) is 1. The van der Waals surface area contributed by atoms with Crippen molar-refractivity contribution in [3.8, 4) is 0 Å². The molecule has 1 aromatic rings. The molecule has 1 aromatic heterocycles. The van der Waals surface area contributed by atoms with E-state index in [1.807, 2.05) is 6.92 Å². The van der Waals surface area contributed by atoms with E-state index in [1.165, 1.54) is 4.88 Å². The van der Waals surface area contributed by atoms with Gasteiger partial charge in [0, 0.05) is 11.3 Å². The normalized spacial score (nSPS) is 14.3. The molecule has 0 aliphatic carbocycles. The first-order valence-corrected chi connectivity index (χ1v) is 6.23. The zero-order chi connectivity index (χ0) is 11.6. The highest BCUT2D eigenvalue weighted by Crippen LogP contribution is 2.24. The van der Waals surface area contributed by atoms with Crippen molar-refractivity contribution in [2.75, 3.05) is 0 Å². The topological polar surface area (TPSA) is 33.1 Å². The molecule has 0 saturated heterocycles. The largest absolute Gasteiger partial charge is 0.393 e. The molecular weight excluding hydrogens is 206 g/mol. The molecule has 0 bridgehead atoms. The number of aryl methyl sites for hydroxylation is 3. The minimum Gasteiger partial charge on any atom is -0.393 e. The van der Waals surface area contributed by atoms with Crippen LogP contribution in [0, 0.1) is 19.3 Å². The first-order chi connectivity index (χ1) is 6.80.